The molecular weight excluding hydrogens is 563 g/mol. The highest BCUT2D eigenvalue weighted by atomic mass is 32.1. The van der Waals surface area contributed by atoms with Gasteiger partial charge in [-0.2, -0.15) is 0 Å². The van der Waals surface area contributed by atoms with E-state index in [4.69, 9.17) is 0 Å². The zero-order valence-corrected chi connectivity index (χ0v) is 27.2. The average Bonchev–Trinajstić information content (AvgIpc) is 3.57. The van der Waals surface area contributed by atoms with Crippen LogP contribution in [0.3, 0.4) is 0 Å². The number of nitrogens with zero attached hydrogens (tertiary/aromatic N) is 1. The summed E-state index contributed by atoms with van der Waals surface area (Å²) in [6, 6.07) is 47.7. The first-order chi connectivity index (χ1) is 22.0. The summed E-state index contributed by atoms with van der Waals surface area (Å²) in [6.07, 6.45) is 1.99. The third-order valence-corrected chi connectivity index (χ3v) is 11.0. The van der Waals surface area contributed by atoms with Crippen molar-refractivity contribution in [1.82, 2.24) is 0 Å². The molecule has 0 spiro atoms. The molecule has 0 N–H and O–H groups in total. The van der Waals surface area contributed by atoms with E-state index >= 15 is 0 Å². The summed E-state index contributed by atoms with van der Waals surface area (Å²) >= 11 is 1.88. The minimum atomic E-state index is -0.0252. The summed E-state index contributed by atoms with van der Waals surface area (Å²) in [5.41, 5.74) is 14.5. The van der Waals surface area contributed by atoms with E-state index in [2.05, 4.69) is 160 Å². The van der Waals surface area contributed by atoms with E-state index in [9.17, 15) is 0 Å². The maximum absolute atomic E-state index is 2.50. The molecule has 7 aromatic rings. The monoisotopic (exact) mass is 599 g/mol. The van der Waals surface area contributed by atoms with Crippen LogP contribution in [0.15, 0.2) is 127 Å². The Balaban J connectivity index is 1.39. The Bertz CT molecular complexity index is 2230. The third-order valence-electron chi connectivity index (χ3n) is 9.86. The number of benzene rings is 6. The van der Waals surface area contributed by atoms with Gasteiger partial charge in [-0.1, -0.05) is 113 Å². The Morgan fingerprint density at radius 3 is 2.02 bits per heavy atom. The lowest BCUT2D eigenvalue weighted by Crippen LogP contribution is -2.15. The molecule has 0 amide bonds. The van der Waals surface area contributed by atoms with Crippen LogP contribution in [0.2, 0.25) is 0 Å². The maximum atomic E-state index is 2.50. The van der Waals surface area contributed by atoms with Gasteiger partial charge in [0.15, 0.2) is 0 Å². The average molecular weight is 600 g/mol. The predicted octanol–water partition coefficient (Wildman–Crippen LogP) is 12.6. The molecule has 1 aliphatic rings. The number of rotatable bonds is 6. The third kappa shape index (κ3) is 4.35. The number of anilines is 3. The molecule has 220 valence electrons. The number of hydrogen-bond acceptors (Lipinski definition) is 2. The van der Waals surface area contributed by atoms with E-state index in [-0.39, 0.29) is 5.41 Å². The summed E-state index contributed by atoms with van der Waals surface area (Å²) in [6.45, 7) is 9.24. The highest BCUT2D eigenvalue weighted by Gasteiger charge is 2.35. The zero-order valence-electron chi connectivity index (χ0n) is 26.4. The molecular formula is C43H37NS. The van der Waals surface area contributed by atoms with Gasteiger partial charge in [-0.05, 0) is 99.8 Å². The molecule has 1 aliphatic carbocycles. The van der Waals surface area contributed by atoms with Gasteiger partial charge in [0.1, 0.15) is 0 Å². The van der Waals surface area contributed by atoms with Gasteiger partial charge >= 0.3 is 0 Å². The van der Waals surface area contributed by atoms with Gasteiger partial charge in [-0.25, -0.2) is 0 Å². The molecule has 6 aromatic carbocycles. The Kier molecular flexibility index (Phi) is 6.66. The SMILES string of the molecule is CCc1ccccc1-c1ccc(N(c2ccc3c(c2)-c2ccccc2C3(C)C)c2cccc3sc4ccccc4c23)cc1CC. The molecule has 1 aromatic heterocycles. The van der Waals surface area contributed by atoms with Gasteiger partial charge in [0.05, 0.1) is 5.69 Å². The number of hydrogen-bond donors (Lipinski definition) is 0. The van der Waals surface area contributed by atoms with Gasteiger partial charge in [0.25, 0.3) is 0 Å². The molecule has 0 saturated carbocycles. The maximum Gasteiger partial charge on any atom is 0.0554 e. The Morgan fingerprint density at radius 1 is 0.533 bits per heavy atom. The second-order valence-electron chi connectivity index (χ2n) is 12.7. The molecule has 0 atom stereocenters. The van der Waals surface area contributed by atoms with E-state index in [1.54, 1.807) is 0 Å². The fourth-order valence-electron chi connectivity index (χ4n) is 7.58. The van der Waals surface area contributed by atoms with Gasteiger partial charge < -0.3 is 4.90 Å². The normalized spacial score (nSPS) is 13.2. The highest BCUT2D eigenvalue weighted by molar-refractivity contribution is 7.26. The minimum Gasteiger partial charge on any atom is -0.310 e. The lowest BCUT2D eigenvalue weighted by molar-refractivity contribution is 0.660. The van der Waals surface area contributed by atoms with Crippen molar-refractivity contribution in [1.29, 1.82) is 0 Å². The lowest BCUT2D eigenvalue weighted by atomic mass is 9.82. The Labute approximate surface area is 270 Å². The fourth-order valence-corrected chi connectivity index (χ4v) is 8.71. The van der Waals surface area contributed by atoms with Crippen molar-refractivity contribution in [3.8, 4) is 22.3 Å². The Morgan fingerprint density at radius 2 is 1.18 bits per heavy atom. The summed E-state index contributed by atoms with van der Waals surface area (Å²) in [7, 11) is 0. The second-order valence-corrected chi connectivity index (χ2v) is 13.8. The van der Waals surface area contributed by atoms with Gasteiger partial charge in [-0.3, -0.25) is 0 Å². The first-order valence-corrected chi connectivity index (χ1v) is 17.0. The van der Waals surface area contributed by atoms with Gasteiger partial charge in [0.2, 0.25) is 0 Å². The first kappa shape index (κ1) is 27.9. The number of thiophene rings is 1. The van der Waals surface area contributed by atoms with Crippen molar-refractivity contribution in [3.63, 3.8) is 0 Å². The van der Waals surface area contributed by atoms with Gasteiger partial charge in [-0.15, -0.1) is 11.3 Å². The summed E-state index contributed by atoms with van der Waals surface area (Å²) in [5.74, 6) is 0. The lowest BCUT2D eigenvalue weighted by Gasteiger charge is -2.29. The molecule has 8 rings (SSSR count). The van der Waals surface area contributed by atoms with Crippen LogP contribution in [-0.4, -0.2) is 0 Å². The topological polar surface area (TPSA) is 3.24 Å². The molecule has 0 unspecified atom stereocenters. The van der Waals surface area contributed by atoms with E-state index in [1.807, 2.05) is 11.3 Å². The van der Waals surface area contributed by atoms with Crippen LogP contribution in [0.25, 0.3) is 42.4 Å². The minimum absolute atomic E-state index is 0.0252. The second kappa shape index (κ2) is 10.8. The summed E-state index contributed by atoms with van der Waals surface area (Å²) in [5, 5.41) is 2.63. The summed E-state index contributed by atoms with van der Waals surface area (Å²) in [4.78, 5) is 2.50. The fraction of sp³-hybridized carbons (Fsp3) is 0.163. The molecule has 45 heavy (non-hydrogen) atoms. The van der Waals surface area contributed by atoms with Crippen molar-refractivity contribution in [2.75, 3.05) is 4.90 Å². The Hall–Kier alpha value is -4.66. The summed E-state index contributed by atoms with van der Waals surface area (Å²) < 4.78 is 2.64. The molecule has 0 bridgehead atoms. The molecule has 0 radical (unpaired) electrons. The van der Waals surface area contributed by atoms with Crippen LogP contribution in [-0.2, 0) is 18.3 Å². The smallest absolute Gasteiger partial charge is 0.0554 e. The van der Waals surface area contributed by atoms with E-state index in [1.165, 1.54) is 81.7 Å². The number of aryl methyl sites for hydroxylation is 2. The van der Waals surface area contributed by atoms with Gasteiger partial charge in [0, 0.05) is 37.0 Å². The largest absolute Gasteiger partial charge is 0.310 e. The highest BCUT2D eigenvalue weighted by Crippen LogP contribution is 2.52. The quantitative estimate of drug-likeness (QED) is 0.184. The van der Waals surface area contributed by atoms with E-state index < -0.39 is 0 Å². The molecule has 1 nitrogen and oxygen atoms in total. The van der Waals surface area contributed by atoms with Crippen LogP contribution in [0.4, 0.5) is 17.1 Å². The van der Waals surface area contributed by atoms with E-state index in [0.29, 0.717) is 0 Å². The molecule has 1 heterocycles. The standard InChI is InChI=1S/C43H37NS/c1-5-28-14-7-8-15-32(28)33-24-22-30(26-29(33)6-2)44(39-19-13-21-41-42(39)35-17-10-12-20-40(35)45-41)31-23-25-38-36(27-31)34-16-9-11-18-37(34)43(38,3)4/h7-27H,5-6H2,1-4H3. The van der Waals surface area contributed by atoms with Crippen LogP contribution < -0.4 is 4.90 Å². The molecule has 0 saturated heterocycles. The van der Waals surface area contributed by atoms with Crippen molar-refractivity contribution in [3.05, 3.63) is 150 Å². The van der Waals surface area contributed by atoms with Crippen molar-refractivity contribution < 1.29 is 0 Å². The molecule has 0 aliphatic heterocycles. The van der Waals surface area contributed by atoms with Crippen molar-refractivity contribution in [2.45, 2.75) is 46.0 Å². The van der Waals surface area contributed by atoms with Crippen LogP contribution in [0.1, 0.15) is 49.9 Å². The zero-order chi connectivity index (χ0) is 30.7. The van der Waals surface area contributed by atoms with Crippen LogP contribution in [0.5, 0.6) is 0 Å². The molecule has 0 fully saturated rings. The van der Waals surface area contributed by atoms with Crippen LogP contribution >= 0.6 is 11.3 Å². The van der Waals surface area contributed by atoms with Crippen molar-refractivity contribution in [2.24, 2.45) is 0 Å². The predicted molar refractivity (Wildman–Crippen MR) is 196 cm³/mol. The van der Waals surface area contributed by atoms with Crippen molar-refractivity contribution >= 4 is 48.6 Å². The first-order valence-electron chi connectivity index (χ1n) is 16.2. The van der Waals surface area contributed by atoms with Crippen LogP contribution in [0, 0.1) is 0 Å². The molecule has 2 heteroatoms. The van der Waals surface area contributed by atoms with E-state index in [0.717, 1.165) is 12.8 Å². The number of fused-ring (bicyclic) bond motifs is 6.